The maximum Gasteiger partial charge on any atom is 0.233 e. The van der Waals surface area contributed by atoms with Crippen LogP contribution in [0, 0.1) is 11.8 Å². The smallest absolute Gasteiger partial charge is 0.233 e. The van der Waals surface area contributed by atoms with Gasteiger partial charge in [-0.3, -0.25) is 14.5 Å². The molecule has 0 bridgehead atoms. The topological polar surface area (TPSA) is 57.6 Å². The lowest BCUT2D eigenvalue weighted by molar-refractivity contribution is -0.144. The van der Waals surface area contributed by atoms with E-state index in [-0.39, 0.29) is 30.2 Å². The van der Waals surface area contributed by atoms with E-state index in [1.54, 1.807) is 0 Å². The van der Waals surface area contributed by atoms with Crippen LogP contribution >= 0.6 is 0 Å². The molecule has 2 amide bonds. The van der Waals surface area contributed by atoms with Crippen molar-refractivity contribution < 1.29 is 14.7 Å². The number of allylic oxidation sites excluding steroid dienone is 2. The van der Waals surface area contributed by atoms with Gasteiger partial charge >= 0.3 is 0 Å². The Morgan fingerprint density at radius 2 is 1.50 bits per heavy atom. The van der Waals surface area contributed by atoms with Crippen molar-refractivity contribution in [3.05, 3.63) is 12.2 Å². The van der Waals surface area contributed by atoms with Crippen LogP contribution < -0.4 is 0 Å². The van der Waals surface area contributed by atoms with Gasteiger partial charge in [0, 0.05) is 0 Å². The van der Waals surface area contributed by atoms with Crippen molar-refractivity contribution in [3.8, 4) is 0 Å². The van der Waals surface area contributed by atoms with Crippen LogP contribution in [-0.4, -0.2) is 34.0 Å². The summed E-state index contributed by atoms with van der Waals surface area (Å²) in [5.74, 6) is -0.493. The average Bonchev–Trinajstić information content (AvgIpc) is 2.62. The molecule has 4 heteroatoms. The summed E-state index contributed by atoms with van der Waals surface area (Å²) < 4.78 is 0. The Morgan fingerprint density at radius 3 is 2.00 bits per heavy atom. The highest BCUT2D eigenvalue weighted by molar-refractivity contribution is 6.05. The SMILES string of the molecule is O=C1[C@H]2CC=CC[C@H]2C(=O)N1CC1(O)CCCCCC1. The summed E-state index contributed by atoms with van der Waals surface area (Å²) in [5.41, 5.74) is -0.858. The molecule has 110 valence electrons. The van der Waals surface area contributed by atoms with Crippen LogP contribution in [0.1, 0.15) is 51.4 Å². The van der Waals surface area contributed by atoms with E-state index < -0.39 is 5.60 Å². The van der Waals surface area contributed by atoms with Crippen molar-refractivity contribution in [2.45, 2.75) is 57.0 Å². The quantitative estimate of drug-likeness (QED) is 0.477. The molecule has 0 spiro atoms. The molecule has 2 atom stereocenters. The summed E-state index contributed by atoms with van der Waals surface area (Å²) in [6, 6.07) is 0. The van der Waals surface area contributed by atoms with Crippen LogP contribution in [0.25, 0.3) is 0 Å². The van der Waals surface area contributed by atoms with Gasteiger partial charge in [-0.25, -0.2) is 0 Å². The molecule has 4 nitrogen and oxygen atoms in total. The highest BCUT2D eigenvalue weighted by Gasteiger charge is 2.49. The van der Waals surface area contributed by atoms with Crippen LogP contribution in [0.15, 0.2) is 12.2 Å². The number of imide groups is 1. The molecular weight excluding hydrogens is 254 g/mol. The van der Waals surface area contributed by atoms with Gasteiger partial charge in [0.05, 0.1) is 24.0 Å². The Hall–Kier alpha value is -1.16. The number of likely N-dealkylation sites (tertiary alicyclic amines) is 1. The Balaban J connectivity index is 1.74. The molecule has 1 heterocycles. The minimum absolute atomic E-state index is 0.0676. The molecule has 0 radical (unpaired) electrons. The number of fused-ring (bicyclic) bond motifs is 1. The van der Waals surface area contributed by atoms with Crippen LogP contribution in [0.3, 0.4) is 0 Å². The average molecular weight is 277 g/mol. The Morgan fingerprint density at radius 1 is 1.00 bits per heavy atom. The minimum atomic E-state index is -0.858. The second-order valence-electron chi connectivity index (χ2n) is 6.56. The van der Waals surface area contributed by atoms with Gasteiger partial charge < -0.3 is 5.11 Å². The first-order chi connectivity index (χ1) is 9.61. The summed E-state index contributed by atoms with van der Waals surface area (Å²) in [6.07, 6.45) is 11.0. The van der Waals surface area contributed by atoms with Crippen molar-refractivity contribution in [2.24, 2.45) is 11.8 Å². The third-order valence-electron chi connectivity index (χ3n) is 5.09. The molecule has 0 aromatic carbocycles. The zero-order chi connectivity index (χ0) is 14.2. The van der Waals surface area contributed by atoms with Crippen molar-refractivity contribution in [2.75, 3.05) is 6.54 Å². The first-order valence-corrected chi connectivity index (χ1v) is 7.83. The number of carbonyl (C=O) groups excluding carboxylic acids is 2. The lowest BCUT2D eigenvalue weighted by Crippen LogP contribution is -2.45. The van der Waals surface area contributed by atoms with Crippen LogP contribution in [0.5, 0.6) is 0 Å². The first-order valence-electron chi connectivity index (χ1n) is 7.83. The maximum atomic E-state index is 12.4. The van der Waals surface area contributed by atoms with E-state index in [1.807, 2.05) is 12.2 Å². The van der Waals surface area contributed by atoms with Crippen LogP contribution in [-0.2, 0) is 9.59 Å². The molecule has 1 saturated heterocycles. The number of rotatable bonds is 2. The molecule has 0 aromatic rings. The number of carbonyl (C=O) groups is 2. The van der Waals surface area contributed by atoms with E-state index >= 15 is 0 Å². The number of hydrogen-bond donors (Lipinski definition) is 1. The standard InChI is InChI=1S/C16H23NO3/c18-14-12-7-3-4-8-13(12)15(19)17(14)11-16(20)9-5-1-2-6-10-16/h3-4,12-13,20H,1-2,5-11H2/t12-,13+. The third-order valence-corrected chi connectivity index (χ3v) is 5.09. The van der Waals surface area contributed by atoms with E-state index in [0.717, 1.165) is 25.7 Å². The van der Waals surface area contributed by atoms with Crippen molar-refractivity contribution >= 4 is 11.8 Å². The molecule has 2 aliphatic carbocycles. The monoisotopic (exact) mass is 277 g/mol. The molecule has 3 aliphatic rings. The minimum Gasteiger partial charge on any atom is -0.388 e. The van der Waals surface area contributed by atoms with Gasteiger partial charge in [-0.2, -0.15) is 0 Å². The van der Waals surface area contributed by atoms with Crippen LogP contribution in [0.2, 0.25) is 0 Å². The molecule has 2 fully saturated rings. The fourth-order valence-corrected chi connectivity index (χ4v) is 3.86. The van der Waals surface area contributed by atoms with Crippen LogP contribution in [0.4, 0.5) is 0 Å². The molecule has 3 rings (SSSR count). The normalized spacial score (nSPS) is 33.1. The van der Waals surface area contributed by atoms with Gasteiger partial charge in [-0.05, 0) is 25.7 Å². The lowest BCUT2D eigenvalue weighted by Gasteiger charge is -2.30. The lowest BCUT2D eigenvalue weighted by atomic mass is 9.85. The van der Waals surface area contributed by atoms with E-state index in [9.17, 15) is 14.7 Å². The fraction of sp³-hybridized carbons (Fsp3) is 0.750. The van der Waals surface area contributed by atoms with Crippen molar-refractivity contribution in [1.82, 2.24) is 4.90 Å². The molecular formula is C16H23NO3. The van der Waals surface area contributed by atoms with Gasteiger partial charge in [-0.1, -0.05) is 37.8 Å². The Kier molecular flexibility index (Phi) is 3.67. The fourth-order valence-electron chi connectivity index (χ4n) is 3.86. The zero-order valence-electron chi connectivity index (χ0n) is 11.9. The second kappa shape index (κ2) is 5.32. The summed E-state index contributed by atoms with van der Waals surface area (Å²) in [6.45, 7) is 0.206. The molecule has 20 heavy (non-hydrogen) atoms. The number of β-amino-alcohol motifs (C(OH)–C–C–N with tert-alkyl or cyclic N) is 1. The van der Waals surface area contributed by atoms with E-state index in [4.69, 9.17) is 0 Å². The van der Waals surface area contributed by atoms with E-state index in [1.165, 1.54) is 4.90 Å². The maximum absolute atomic E-state index is 12.4. The van der Waals surface area contributed by atoms with Gasteiger partial charge in [0.25, 0.3) is 0 Å². The second-order valence-corrected chi connectivity index (χ2v) is 6.56. The summed E-state index contributed by atoms with van der Waals surface area (Å²) in [4.78, 5) is 26.2. The predicted octanol–water partition coefficient (Wildman–Crippen LogP) is 2.02. The molecule has 1 saturated carbocycles. The van der Waals surface area contributed by atoms with Gasteiger partial charge in [0.2, 0.25) is 11.8 Å². The van der Waals surface area contributed by atoms with Gasteiger partial charge in [0.15, 0.2) is 0 Å². The highest BCUT2D eigenvalue weighted by atomic mass is 16.3. The molecule has 0 unspecified atom stereocenters. The third kappa shape index (κ3) is 2.41. The summed E-state index contributed by atoms with van der Waals surface area (Å²) in [5, 5.41) is 10.7. The molecule has 1 aliphatic heterocycles. The number of nitrogens with zero attached hydrogens (tertiary/aromatic N) is 1. The summed E-state index contributed by atoms with van der Waals surface area (Å²) >= 11 is 0. The van der Waals surface area contributed by atoms with Crippen molar-refractivity contribution in [1.29, 1.82) is 0 Å². The number of aliphatic hydroxyl groups is 1. The molecule has 0 aromatic heterocycles. The first kappa shape index (κ1) is 13.8. The molecule has 1 N–H and O–H groups in total. The largest absolute Gasteiger partial charge is 0.388 e. The Labute approximate surface area is 119 Å². The predicted molar refractivity (Wildman–Crippen MR) is 74.7 cm³/mol. The van der Waals surface area contributed by atoms with E-state index in [0.29, 0.717) is 25.7 Å². The summed E-state index contributed by atoms with van der Waals surface area (Å²) in [7, 11) is 0. The van der Waals surface area contributed by atoms with Crippen molar-refractivity contribution in [3.63, 3.8) is 0 Å². The van der Waals surface area contributed by atoms with Gasteiger partial charge in [-0.15, -0.1) is 0 Å². The highest BCUT2D eigenvalue weighted by Crippen LogP contribution is 2.37. The Bertz CT molecular complexity index is 409. The van der Waals surface area contributed by atoms with E-state index in [2.05, 4.69) is 0 Å². The number of hydrogen-bond acceptors (Lipinski definition) is 3. The van der Waals surface area contributed by atoms with Gasteiger partial charge in [0.1, 0.15) is 0 Å². The number of amides is 2. The zero-order valence-corrected chi connectivity index (χ0v) is 11.9.